The van der Waals surface area contributed by atoms with Crippen molar-refractivity contribution in [3.63, 3.8) is 0 Å². The molecule has 1 aromatic rings. The highest BCUT2D eigenvalue weighted by atomic mass is 19.3. The summed E-state index contributed by atoms with van der Waals surface area (Å²) in [5.41, 5.74) is 6.94. The first-order valence-corrected chi connectivity index (χ1v) is 6.67. The lowest BCUT2D eigenvalue weighted by Gasteiger charge is -2.37. The van der Waals surface area contributed by atoms with Crippen LogP contribution in [0, 0.1) is 0 Å². The first kappa shape index (κ1) is 13.5. The van der Waals surface area contributed by atoms with Crippen molar-refractivity contribution in [3.8, 4) is 0 Å². The lowest BCUT2D eigenvalue weighted by atomic mass is 9.69. The molecule has 0 aromatic heterocycles. The van der Waals surface area contributed by atoms with Gasteiger partial charge in [-0.05, 0) is 24.5 Å². The Balaban J connectivity index is 2.37. The first-order chi connectivity index (χ1) is 8.48. The highest BCUT2D eigenvalue weighted by Crippen LogP contribution is 2.40. The molecule has 0 radical (unpaired) electrons. The summed E-state index contributed by atoms with van der Waals surface area (Å²) >= 11 is 0. The van der Waals surface area contributed by atoms with Crippen molar-refractivity contribution in [2.75, 3.05) is 6.54 Å². The highest BCUT2D eigenvalue weighted by molar-refractivity contribution is 5.33. The van der Waals surface area contributed by atoms with Gasteiger partial charge in [0.2, 0.25) is 0 Å². The van der Waals surface area contributed by atoms with E-state index in [0.29, 0.717) is 6.54 Å². The monoisotopic (exact) mass is 253 g/mol. The van der Waals surface area contributed by atoms with E-state index in [1.54, 1.807) is 12.1 Å². The molecule has 1 aliphatic carbocycles. The molecule has 1 nitrogen and oxygen atoms in total. The van der Waals surface area contributed by atoms with Gasteiger partial charge in [-0.2, -0.15) is 0 Å². The number of nitrogens with two attached hydrogens (primary N) is 1. The maximum Gasteiger partial charge on any atom is 0.270 e. The molecule has 0 bridgehead atoms. The molecule has 0 amide bonds. The van der Waals surface area contributed by atoms with Crippen molar-refractivity contribution < 1.29 is 8.78 Å². The normalized spacial score (nSPS) is 19.8. The molecule has 1 saturated carbocycles. The molecule has 100 valence electrons. The standard InChI is InChI=1S/C15H21F2N/c1-14(16,17)12-6-5-7-13(10-12)15(11-18)8-3-2-4-9-15/h5-7,10H,2-4,8-9,11,18H2,1H3. The number of halogens is 2. The second-order valence-electron chi connectivity index (χ2n) is 5.51. The molecule has 1 aromatic carbocycles. The van der Waals surface area contributed by atoms with Crippen LogP contribution in [0.2, 0.25) is 0 Å². The van der Waals surface area contributed by atoms with E-state index < -0.39 is 5.92 Å². The van der Waals surface area contributed by atoms with Crippen LogP contribution in [0.15, 0.2) is 24.3 Å². The summed E-state index contributed by atoms with van der Waals surface area (Å²) in [5.74, 6) is -2.78. The van der Waals surface area contributed by atoms with E-state index in [0.717, 1.165) is 38.2 Å². The second kappa shape index (κ2) is 4.96. The zero-order valence-corrected chi connectivity index (χ0v) is 10.9. The molecule has 1 aliphatic rings. The smallest absolute Gasteiger partial charge is 0.270 e. The summed E-state index contributed by atoms with van der Waals surface area (Å²) in [6.07, 6.45) is 5.55. The Labute approximate surface area is 107 Å². The number of benzene rings is 1. The van der Waals surface area contributed by atoms with Crippen LogP contribution in [0.25, 0.3) is 0 Å². The zero-order chi connectivity index (χ0) is 13.2. The number of rotatable bonds is 3. The van der Waals surface area contributed by atoms with Crippen molar-refractivity contribution in [1.82, 2.24) is 0 Å². The maximum absolute atomic E-state index is 13.4. The number of alkyl halides is 2. The van der Waals surface area contributed by atoms with E-state index in [2.05, 4.69) is 0 Å². The summed E-state index contributed by atoms with van der Waals surface area (Å²) in [6.45, 7) is 1.49. The van der Waals surface area contributed by atoms with Gasteiger partial charge in [0.05, 0.1) is 0 Å². The van der Waals surface area contributed by atoms with Crippen LogP contribution in [0.1, 0.15) is 50.2 Å². The Hall–Kier alpha value is -0.960. The minimum absolute atomic E-state index is 0.0838. The van der Waals surface area contributed by atoms with E-state index >= 15 is 0 Å². The van der Waals surface area contributed by atoms with Gasteiger partial charge in [-0.25, -0.2) is 8.78 Å². The Bertz CT molecular complexity index is 403. The van der Waals surface area contributed by atoms with E-state index in [1.165, 1.54) is 12.5 Å². The highest BCUT2D eigenvalue weighted by Gasteiger charge is 2.34. The van der Waals surface area contributed by atoms with Crippen molar-refractivity contribution in [2.24, 2.45) is 5.73 Å². The molecule has 0 atom stereocenters. The fourth-order valence-corrected chi connectivity index (χ4v) is 2.96. The summed E-state index contributed by atoms with van der Waals surface area (Å²) in [7, 11) is 0. The average molecular weight is 253 g/mol. The third kappa shape index (κ3) is 2.56. The number of hydrogen-bond acceptors (Lipinski definition) is 1. The van der Waals surface area contributed by atoms with Crippen LogP contribution < -0.4 is 5.73 Å². The fraction of sp³-hybridized carbons (Fsp3) is 0.600. The van der Waals surface area contributed by atoms with E-state index in [4.69, 9.17) is 5.73 Å². The summed E-state index contributed by atoms with van der Waals surface area (Å²) in [4.78, 5) is 0. The third-order valence-electron chi connectivity index (χ3n) is 4.18. The molecule has 0 heterocycles. The Kier molecular flexibility index (Phi) is 3.71. The largest absolute Gasteiger partial charge is 0.330 e. The van der Waals surface area contributed by atoms with Crippen LogP contribution in [-0.2, 0) is 11.3 Å². The molecule has 1 fully saturated rings. The molecule has 0 spiro atoms. The molecule has 0 aliphatic heterocycles. The maximum atomic E-state index is 13.4. The minimum atomic E-state index is -2.78. The molecule has 0 saturated heterocycles. The van der Waals surface area contributed by atoms with Gasteiger partial charge in [-0.15, -0.1) is 0 Å². The Morgan fingerprint density at radius 3 is 2.44 bits per heavy atom. The molecule has 18 heavy (non-hydrogen) atoms. The van der Waals surface area contributed by atoms with Gasteiger partial charge in [0, 0.05) is 24.4 Å². The van der Waals surface area contributed by atoms with E-state index in [1.807, 2.05) is 6.07 Å². The summed E-state index contributed by atoms with van der Waals surface area (Å²) in [5, 5.41) is 0. The summed E-state index contributed by atoms with van der Waals surface area (Å²) < 4.78 is 26.8. The lowest BCUT2D eigenvalue weighted by Crippen LogP contribution is -2.37. The van der Waals surface area contributed by atoms with E-state index in [-0.39, 0.29) is 11.0 Å². The molecular formula is C15H21F2N. The second-order valence-corrected chi connectivity index (χ2v) is 5.51. The minimum Gasteiger partial charge on any atom is -0.330 e. The predicted octanol–water partition coefficient (Wildman–Crippen LogP) is 3.96. The van der Waals surface area contributed by atoms with Gasteiger partial charge in [0.25, 0.3) is 5.92 Å². The molecular weight excluding hydrogens is 232 g/mol. The van der Waals surface area contributed by atoms with Crippen molar-refractivity contribution in [2.45, 2.75) is 50.4 Å². The van der Waals surface area contributed by atoms with Gasteiger partial charge in [-0.3, -0.25) is 0 Å². The predicted molar refractivity (Wildman–Crippen MR) is 69.8 cm³/mol. The van der Waals surface area contributed by atoms with Crippen molar-refractivity contribution >= 4 is 0 Å². The SMILES string of the molecule is CC(F)(F)c1cccc(C2(CN)CCCCC2)c1. The van der Waals surface area contributed by atoms with Crippen molar-refractivity contribution in [1.29, 1.82) is 0 Å². The van der Waals surface area contributed by atoms with Crippen LogP contribution in [0.3, 0.4) is 0 Å². The van der Waals surface area contributed by atoms with Gasteiger partial charge in [0.1, 0.15) is 0 Å². The van der Waals surface area contributed by atoms with Crippen LogP contribution in [0.5, 0.6) is 0 Å². The Morgan fingerprint density at radius 1 is 1.22 bits per heavy atom. The van der Waals surface area contributed by atoms with E-state index in [9.17, 15) is 8.78 Å². The third-order valence-corrected chi connectivity index (χ3v) is 4.18. The quantitative estimate of drug-likeness (QED) is 0.867. The topological polar surface area (TPSA) is 26.0 Å². The Morgan fingerprint density at radius 2 is 1.89 bits per heavy atom. The zero-order valence-electron chi connectivity index (χ0n) is 10.9. The molecule has 3 heteroatoms. The van der Waals surface area contributed by atoms with Gasteiger partial charge in [0.15, 0.2) is 0 Å². The van der Waals surface area contributed by atoms with Gasteiger partial charge in [-0.1, -0.05) is 37.5 Å². The first-order valence-electron chi connectivity index (χ1n) is 6.67. The average Bonchev–Trinajstić information content (AvgIpc) is 2.39. The van der Waals surface area contributed by atoms with Crippen LogP contribution in [0.4, 0.5) is 8.78 Å². The summed E-state index contributed by atoms with van der Waals surface area (Å²) in [6, 6.07) is 6.83. The van der Waals surface area contributed by atoms with Crippen LogP contribution >= 0.6 is 0 Å². The van der Waals surface area contributed by atoms with Crippen molar-refractivity contribution in [3.05, 3.63) is 35.4 Å². The molecule has 2 N–H and O–H groups in total. The number of hydrogen-bond donors (Lipinski definition) is 1. The molecule has 2 rings (SSSR count). The van der Waals surface area contributed by atoms with Crippen LogP contribution in [-0.4, -0.2) is 6.54 Å². The van der Waals surface area contributed by atoms with Gasteiger partial charge >= 0.3 is 0 Å². The lowest BCUT2D eigenvalue weighted by molar-refractivity contribution is 0.0173. The van der Waals surface area contributed by atoms with Gasteiger partial charge < -0.3 is 5.73 Å². The fourth-order valence-electron chi connectivity index (χ4n) is 2.96. The molecule has 0 unspecified atom stereocenters.